The molecule has 0 unspecified atom stereocenters. The number of nitrogens with zero attached hydrogens (tertiary/aromatic N) is 1. The van der Waals surface area contributed by atoms with Crippen molar-refractivity contribution in [3.05, 3.63) is 103 Å². The van der Waals surface area contributed by atoms with E-state index in [0.29, 0.717) is 0 Å². The van der Waals surface area contributed by atoms with Gasteiger partial charge in [-0.25, -0.2) is 12.1 Å². The molecule has 0 saturated carbocycles. The molecule has 0 aliphatic carbocycles. The van der Waals surface area contributed by atoms with Crippen molar-refractivity contribution < 1.29 is 60.2 Å². The van der Waals surface area contributed by atoms with Crippen LogP contribution in [0, 0.1) is 0 Å². The number of hydrogen-bond acceptors (Lipinski definition) is 0. The normalized spacial score (nSPS) is 9.38. The van der Waals surface area contributed by atoms with E-state index in [-0.39, 0.29) is 60.2 Å². The Balaban J connectivity index is 0.000000372. The van der Waals surface area contributed by atoms with Gasteiger partial charge in [-0.3, -0.25) is 0 Å². The van der Waals surface area contributed by atoms with Crippen LogP contribution in [0.5, 0.6) is 0 Å². The molecule has 0 radical (unpaired) electrons. The molecule has 128 valence electrons. The van der Waals surface area contributed by atoms with E-state index < -0.39 is 0 Å². The van der Waals surface area contributed by atoms with Crippen LogP contribution >= 0.6 is 0 Å². The van der Waals surface area contributed by atoms with E-state index in [0.717, 1.165) is 0 Å². The van der Waals surface area contributed by atoms with Gasteiger partial charge in [-0.05, 0) is 23.2 Å². The zero-order valence-corrected chi connectivity index (χ0v) is 19.6. The fraction of sp³-hybridized carbons (Fsp3) is 0. The van der Waals surface area contributed by atoms with Crippen LogP contribution in [-0.4, -0.2) is 4.57 Å². The molecule has 26 heavy (non-hydrogen) atoms. The van der Waals surface area contributed by atoms with Crippen LogP contribution < -0.4 is 34.0 Å². The Morgan fingerprint density at radius 2 is 1.35 bits per heavy atom. The third-order valence-corrected chi connectivity index (χ3v) is 4.04. The first-order valence-corrected chi connectivity index (χ1v) is 7.80. The van der Waals surface area contributed by atoms with Gasteiger partial charge in [0.1, 0.15) is 0 Å². The molecule has 0 aliphatic heterocycles. The molecule has 5 aromatic rings. The summed E-state index contributed by atoms with van der Waals surface area (Å²) in [5.74, 6) is 0. The molecule has 1 aromatic heterocycles. The number of benzene rings is 2. The second-order valence-corrected chi connectivity index (χ2v) is 5.55. The predicted molar refractivity (Wildman–Crippen MR) is 98.4 cm³/mol. The molecule has 0 spiro atoms. The fourth-order valence-electron chi connectivity index (χ4n) is 2.90. The van der Waals surface area contributed by atoms with E-state index >= 15 is 0 Å². The molecule has 0 N–H and O–H groups in total. The average molecular weight is 546 g/mol. The van der Waals surface area contributed by atoms with Crippen molar-refractivity contribution in [1.82, 2.24) is 4.57 Å². The van der Waals surface area contributed by atoms with Gasteiger partial charge in [0.05, 0.1) is 5.52 Å². The minimum atomic E-state index is 0. The number of halogens is 2. The van der Waals surface area contributed by atoms with Gasteiger partial charge in [0, 0.05) is 6.20 Å². The molecule has 1 nitrogen and oxygen atoms in total. The average Bonchev–Trinajstić information content (AvgIpc) is 3.34. The Labute approximate surface area is 194 Å². The van der Waals surface area contributed by atoms with Crippen molar-refractivity contribution in [1.29, 1.82) is 0 Å². The van der Waals surface area contributed by atoms with Gasteiger partial charge in [-0.15, -0.1) is 41.1 Å². The van der Waals surface area contributed by atoms with Crippen molar-refractivity contribution in [2.24, 2.45) is 0 Å². The summed E-state index contributed by atoms with van der Waals surface area (Å²) in [6.45, 7) is 0. The first-order chi connectivity index (χ1) is 11.4. The molecule has 0 aliphatic rings. The molecule has 0 bridgehead atoms. The topological polar surface area (TPSA) is 4.93 Å². The van der Waals surface area contributed by atoms with Crippen molar-refractivity contribution in [2.45, 2.75) is 0 Å². The van der Waals surface area contributed by atoms with E-state index in [1.54, 1.807) is 0 Å². The second kappa shape index (κ2) is 10.8. The van der Waals surface area contributed by atoms with Crippen LogP contribution in [0.1, 0.15) is 0 Å². The smallest absolute Gasteiger partial charge is 1.00 e. The molecular formula is C22H17Br2NZr. The van der Waals surface area contributed by atoms with Gasteiger partial charge in [0.2, 0.25) is 0 Å². The van der Waals surface area contributed by atoms with Crippen LogP contribution in [0.4, 0.5) is 0 Å². The minimum Gasteiger partial charge on any atom is -1.00 e. The quantitative estimate of drug-likeness (QED) is 0.260. The van der Waals surface area contributed by atoms with Gasteiger partial charge < -0.3 is 38.5 Å². The molecule has 0 fully saturated rings. The third-order valence-electron chi connectivity index (χ3n) is 4.04. The maximum atomic E-state index is 2.25. The number of hydrogen-bond donors (Lipinski definition) is 0. The van der Waals surface area contributed by atoms with E-state index in [9.17, 15) is 0 Å². The number of rotatable bonds is 1. The SMILES string of the molecule is [Br-].[Br-].[Zr+4].c1cc[cH-]c1.c1ccc2[cH-]c(-n3ccc4ccccc43)cc2c1. The molecule has 0 atom stereocenters. The van der Waals surface area contributed by atoms with Crippen LogP contribution in [0.2, 0.25) is 0 Å². The summed E-state index contributed by atoms with van der Waals surface area (Å²) in [5.41, 5.74) is 2.49. The van der Waals surface area contributed by atoms with Gasteiger partial charge >= 0.3 is 26.2 Å². The van der Waals surface area contributed by atoms with Crippen molar-refractivity contribution in [3.63, 3.8) is 0 Å². The summed E-state index contributed by atoms with van der Waals surface area (Å²) >= 11 is 0. The zero-order valence-electron chi connectivity index (χ0n) is 14.0. The fourth-order valence-corrected chi connectivity index (χ4v) is 2.90. The van der Waals surface area contributed by atoms with Crippen LogP contribution in [0.3, 0.4) is 0 Å². The predicted octanol–water partition coefficient (Wildman–Crippen LogP) is -0.0864. The molecule has 4 heteroatoms. The van der Waals surface area contributed by atoms with Crippen molar-refractivity contribution in [2.75, 3.05) is 0 Å². The van der Waals surface area contributed by atoms with Crippen molar-refractivity contribution >= 4 is 21.7 Å². The minimum absolute atomic E-state index is 0. The summed E-state index contributed by atoms with van der Waals surface area (Å²) in [6.07, 6.45) is 2.14. The Kier molecular flexibility index (Phi) is 9.50. The molecule has 1 heterocycles. The summed E-state index contributed by atoms with van der Waals surface area (Å²) < 4.78 is 2.25. The Morgan fingerprint density at radius 3 is 2.00 bits per heavy atom. The van der Waals surface area contributed by atoms with Crippen LogP contribution in [-0.2, 0) is 26.2 Å². The van der Waals surface area contributed by atoms with E-state index in [4.69, 9.17) is 0 Å². The van der Waals surface area contributed by atoms with Crippen LogP contribution in [0.25, 0.3) is 27.4 Å². The number of fused-ring (bicyclic) bond motifs is 2. The maximum Gasteiger partial charge on any atom is 4.00 e. The number of para-hydroxylation sites is 1. The Hall–Kier alpha value is -1.22. The maximum absolute atomic E-state index is 2.25. The Morgan fingerprint density at radius 1 is 0.692 bits per heavy atom. The standard InChI is InChI=1S/C17H12N.C5H5.2BrH.Zr/c1-2-7-15-12-16(11-14(15)6-1)18-10-9-13-5-3-4-8-17(13)18;1-2-4-5-3-1;;;/h1-12H;1-5H;2*1H;/q2*-1;;;+4/p-2. The number of aromatic nitrogens is 1. The van der Waals surface area contributed by atoms with Crippen molar-refractivity contribution in [3.8, 4) is 5.69 Å². The van der Waals surface area contributed by atoms with E-state index in [2.05, 4.69) is 77.5 Å². The van der Waals surface area contributed by atoms with Gasteiger partial charge in [0.25, 0.3) is 0 Å². The molecule has 5 rings (SSSR count). The zero-order chi connectivity index (χ0) is 15.5. The monoisotopic (exact) mass is 543 g/mol. The largest absolute Gasteiger partial charge is 4.00 e. The molecular weight excluding hydrogens is 529 g/mol. The first kappa shape index (κ1) is 22.8. The van der Waals surface area contributed by atoms with Gasteiger partial charge in [-0.1, -0.05) is 24.3 Å². The summed E-state index contributed by atoms with van der Waals surface area (Å²) in [6, 6.07) is 33.6. The van der Waals surface area contributed by atoms with E-state index in [1.807, 2.05) is 30.3 Å². The van der Waals surface area contributed by atoms with Gasteiger partial charge in [-0.2, -0.15) is 18.2 Å². The van der Waals surface area contributed by atoms with Gasteiger partial charge in [0.15, 0.2) is 0 Å². The molecule has 0 amide bonds. The molecule has 4 aromatic carbocycles. The van der Waals surface area contributed by atoms with Crippen LogP contribution in [0.15, 0.2) is 103 Å². The molecule has 0 saturated heterocycles. The first-order valence-electron chi connectivity index (χ1n) is 7.80. The summed E-state index contributed by atoms with van der Waals surface area (Å²) in [7, 11) is 0. The van der Waals surface area contributed by atoms with E-state index in [1.165, 1.54) is 27.4 Å². The Bertz CT molecular complexity index is 978. The third kappa shape index (κ3) is 4.94. The summed E-state index contributed by atoms with van der Waals surface area (Å²) in [5, 5.41) is 3.87. The second-order valence-electron chi connectivity index (χ2n) is 5.55. The summed E-state index contributed by atoms with van der Waals surface area (Å²) in [4.78, 5) is 0.